The van der Waals surface area contributed by atoms with Gasteiger partial charge in [-0.25, -0.2) is 4.98 Å². The Balaban J connectivity index is 1.96. The molecule has 0 bridgehead atoms. The number of rotatable bonds is 3. The van der Waals surface area contributed by atoms with Crippen molar-refractivity contribution in [1.82, 2.24) is 4.98 Å². The fourth-order valence-corrected chi connectivity index (χ4v) is 3.38. The Morgan fingerprint density at radius 1 is 1.11 bits per heavy atom. The second-order valence-corrected chi connectivity index (χ2v) is 5.75. The highest BCUT2D eigenvalue weighted by atomic mass is 32.1. The maximum absolute atomic E-state index is 11.2. The van der Waals surface area contributed by atoms with Crippen LogP contribution < -0.4 is 4.90 Å². The molecule has 1 aromatic heterocycles. The van der Waals surface area contributed by atoms with Gasteiger partial charge < -0.3 is 4.90 Å². The first-order valence-electron chi connectivity index (χ1n) is 6.65. The molecule has 19 heavy (non-hydrogen) atoms. The number of piperidine rings is 1. The van der Waals surface area contributed by atoms with Gasteiger partial charge in [0.1, 0.15) is 0 Å². The predicted octanol–water partition coefficient (Wildman–Crippen LogP) is 3.61. The molecular weight excluding hydrogens is 256 g/mol. The standard InChI is InChI=1S/C15H16N2OS/c18-11-13-14(12-7-3-1-4-8-12)16-15(19-13)17-9-5-2-6-10-17/h1,3-4,7-8,11H,2,5-6,9-10H2. The van der Waals surface area contributed by atoms with Crippen LogP contribution in [-0.4, -0.2) is 24.4 Å². The van der Waals surface area contributed by atoms with Crippen molar-refractivity contribution in [2.75, 3.05) is 18.0 Å². The Bertz CT molecular complexity index is 559. The third-order valence-electron chi connectivity index (χ3n) is 3.42. The molecule has 98 valence electrons. The molecule has 0 unspecified atom stereocenters. The molecule has 1 saturated heterocycles. The summed E-state index contributed by atoms with van der Waals surface area (Å²) in [5.41, 5.74) is 1.84. The highest BCUT2D eigenvalue weighted by Crippen LogP contribution is 2.33. The molecule has 3 rings (SSSR count). The molecule has 0 spiro atoms. The van der Waals surface area contributed by atoms with E-state index in [1.165, 1.54) is 30.6 Å². The van der Waals surface area contributed by atoms with Crippen LogP contribution in [-0.2, 0) is 0 Å². The monoisotopic (exact) mass is 272 g/mol. The summed E-state index contributed by atoms with van der Waals surface area (Å²) in [7, 11) is 0. The summed E-state index contributed by atoms with van der Waals surface area (Å²) in [6.07, 6.45) is 4.66. The van der Waals surface area contributed by atoms with Crippen molar-refractivity contribution in [3.8, 4) is 11.3 Å². The maximum Gasteiger partial charge on any atom is 0.186 e. The topological polar surface area (TPSA) is 33.2 Å². The summed E-state index contributed by atoms with van der Waals surface area (Å²) in [5, 5.41) is 0.987. The smallest absolute Gasteiger partial charge is 0.186 e. The van der Waals surface area contributed by atoms with Gasteiger partial charge in [-0.05, 0) is 19.3 Å². The number of aromatic nitrogens is 1. The molecule has 3 nitrogen and oxygen atoms in total. The van der Waals surface area contributed by atoms with Crippen LogP contribution in [0, 0.1) is 0 Å². The van der Waals surface area contributed by atoms with Crippen LogP contribution in [0.15, 0.2) is 30.3 Å². The summed E-state index contributed by atoms with van der Waals surface area (Å²) in [6, 6.07) is 9.93. The lowest BCUT2D eigenvalue weighted by Crippen LogP contribution is -2.29. The number of hydrogen-bond donors (Lipinski definition) is 0. The first-order valence-corrected chi connectivity index (χ1v) is 7.46. The van der Waals surface area contributed by atoms with E-state index in [1.54, 1.807) is 0 Å². The number of aldehydes is 1. The van der Waals surface area contributed by atoms with Gasteiger partial charge in [-0.3, -0.25) is 4.79 Å². The second-order valence-electron chi connectivity index (χ2n) is 4.74. The summed E-state index contributed by atoms with van der Waals surface area (Å²) in [5.74, 6) is 0. The zero-order chi connectivity index (χ0) is 13.1. The summed E-state index contributed by atoms with van der Waals surface area (Å²) in [6.45, 7) is 2.11. The summed E-state index contributed by atoms with van der Waals surface area (Å²) in [4.78, 5) is 19.0. The summed E-state index contributed by atoms with van der Waals surface area (Å²) < 4.78 is 0. The Morgan fingerprint density at radius 3 is 2.53 bits per heavy atom. The average molecular weight is 272 g/mol. The molecule has 1 fully saturated rings. The van der Waals surface area contributed by atoms with Gasteiger partial charge in [0, 0.05) is 18.7 Å². The number of thiazole rings is 1. The molecule has 0 aliphatic carbocycles. The van der Waals surface area contributed by atoms with Gasteiger partial charge in [0.25, 0.3) is 0 Å². The SMILES string of the molecule is O=Cc1sc(N2CCCCC2)nc1-c1ccccc1. The lowest BCUT2D eigenvalue weighted by molar-refractivity contribution is 0.112. The van der Waals surface area contributed by atoms with E-state index in [1.807, 2.05) is 30.3 Å². The van der Waals surface area contributed by atoms with E-state index in [0.717, 1.165) is 40.6 Å². The van der Waals surface area contributed by atoms with Crippen molar-refractivity contribution in [3.05, 3.63) is 35.2 Å². The second kappa shape index (κ2) is 5.53. The van der Waals surface area contributed by atoms with E-state index < -0.39 is 0 Å². The molecule has 0 radical (unpaired) electrons. The number of carbonyl (C=O) groups excluding carboxylic acids is 1. The number of nitrogens with zero attached hydrogens (tertiary/aromatic N) is 2. The molecule has 0 saturated carbocycles. The average Bonchev–Trinajstić information content (AvgIpc) is 2.93. The van der Waals surface area contributed by atoms with Crippen LogP contribution in [0.4, 0.5) is 5.13 Å². The third-order valence-corrected chi connectivity index (χ3v) is 4.46. The van der Waals surface area contributed by atoms with Crippen LogP contribution in [0.25, 0.3) is 11.3 Å². The molecule has 0 atom stereocenters. The largest absolute Gasteiger partial charge is 0.348 e. The molecule has 4 heteroatoms. The lowest BCUT2D eigenvalue weighted by Gasteiger charge is -2.25. The zero-order valence-corrected chi connectivity index (χ0v) is 11.5. The Hall–Kier alpha value is -1.68. The minimum atomic E-state index is 0.728. The van der Waals surface area contributed by atoms with Gasteiger partial charge in [-0.2, -0.15) is 0 Å². The first-order chi connectivity index (χ1) is 9.38. The quantitative estimate of drug-likeness (QED) is 0.800. The van der Waals surface area contributed by atoms with Crippen molar-refractivity contribution < 1.29 is 4.79 Å². The van der Waals surface area contributed by atoms with E-state index >= 15 is 0 Å². The molecule has 1 aromatic carbocycles. The Labute approximate surface area is 116 Å². The summed E-state index contributed by atoms with van der Waals surface area (Å²) >= 11 is 1.51. The highest BCUT2D eigenvalue weighted by Gasteiger charge is 2.18. The van der Waals surface area contributed by atoms with Crippen molar-refractivity contribution in [2.24, 2.45) is 0 Å². The van der Waals surface area contributed by atoms with Crippen molar-refractivity contribution >= 4 is 22.8 Å². The number of anilines is 1. The van der Waals surface area contributed by atoms with Crippen LogP contribution in [0.3, 0.4) is 0 Å². The first kappa shape index (κ1) is 12.4. The van der Waals surface area contributed by atoms with Crippen LogP contribution in [0.1, 0.15) is 28.9 Å². The van der Waals surface area contributed by atoms with E-state index in [9.17, 15) is 4.79 Å². The van der Waals surface area contributed by atoms with Crippen LogP contribution >= 0.6 is 11.3 Å². The molecular formula is C15H16N2OS. The zero-order valence-electron chi connectivity index (χ0n) is 10.7. The van der Waals surface area contributed by atoms with Gasteiger partial charge in [-0.1, -0.05) is 41.7 Å². The van der Waals surface area contributed by atoms with E-state index in [0.29, 0.717) is 0 Å². The van der Waals surface area contributed by atoms with E-state index in [2.05, 4.69) is 9.88 Å². The molecule has 1 aliphatic rings. The molecule has 0 N–H and O–H groups in total. The van der Waals surface area contributed by atoms with E-state index in [4.69, 9.17) is 0 Å². The lowest BCUT2D eigenvalue weighted by atomic mass is 10.1. The number of carbonyl (C=O) groups is 1. The van der Waals surface area contributed by atoms with Crippen LogP contribution in [0.5, 0.6) is 0 Å². The highest BCUT2D eigenvalue weighted by molar-refractivity contribution is 7.17. The van der Waals surface area contributed by atoms with E-state index in [-0.39, 0.29) is 0 Å². The maximum atomic E-state index is 11.2. The Morgan fingerprint density at radius 2 is 1.84 bits per heavy atom. The fraction of sp³-hybridized carbons (Fsp3) is 0.333. The van der Waals surface area contributed by atoms with Gasteiger partial charge in [0.05, 0.1) is 10.6 Å². The number of hydrogen-bond acceptors (Lipinski definition) is 4. The van der Waals surface area contributed by atoms with Crippen LogP contribution in [0.2, 0.25) is 0 Å². The van der Waals surface area contributed by atoms with Gasteiger partial charge in [-0.15, -0.1) is 0 Å². The van der Waals surface area contributed by atoms with Gasteiger partial charge >= 0.3 is 0 Å². The van der Waals surface area contributed by atoms with Gasteiger partial charge in [0.15, 0.2) is 11.4 Å². The molecule has 0 amide bonds. The van der Waals surface area contributed by atoms with Crippen molar-refractivity contribution in [2.45, 2.75) is 19.3 Å². The minimum absolute atomic E-state index is 0.728. The predicted molar refractivity (Wildman–Crippen MR) is 79.0 cm³/mol. The molecule has 1 aliphatic heterocycles. The minimum Gasteiger partial charge on any atom is -0.348 e. The van der Waals surface area contributed by atoms with Gasteiger partial charge in [0.2, 0.25) is 0 Å². The fourth-order valence-electron chi connectivity index (χ4n) is 2.42. The number of benzene rings is 1. The normalized spacial score (nSPS) is 15.5. The van der Waals surface area contributed by atoms with Crippen molar-refractivity contribution in [1.29, 1.82) is 0 Å². The molecule has 2 heterocycles. The molecule has 2 aromatic rings. The Kier molecular flexibility index (Phi) is 3.60. The third kappa shape index (κ3) is 2.54. The van der Waals surface area contributed by atoms with Crippen molar-refractivity contribution in [3.63, 3.8) is 0 Å².